The minimum atomic E-state index is 0. The number of para-hydroxylation sites is 1. The molecule has 4 rings (SSSR count). The van der Waals surface area contributed by atoms with Crippen LogP contribution in [-0.4, -0.2) is 47.2 Å². The van der Waals surface area contributed by atoms with Gasteiger partial charge in [-0.1, -0.05) is 24.3 Å². The van der Waals surface area contributed by atoms with E-state index in [0.29, 0.717) is 6.54 Å². The first-order valence-corrected chi connectivity index (χ1v) is 10.9. The van der Waals surface area contributed by atoms with Gasteiger partial charge < -0.3 is 20.0 Å². The molecule has 0 radical (unpaired) electrons. The van der Waals surface area contributed by atoms with Crippen LogP contribution in [0.4, 0.5) is 5.69 Å². The van der Waals surface area contributed by atoms with Crippen molar-refractivity contribution in [2.24, 2.45) is 4.99 Å². The first-order valence-electron chi connectivity index (χ1n) is 10.9. The molecule has 0 fully saturated rings. The molecule has 3 aromatic heterocycles. The van der Waals surface area contributed by atoms with Gasteiger partial charge in [-0.15, -0.1) is 34.2 Å². The van der Waals surface area contributed by atoms with Gasteiger partial charge in [-0.05, 0) is 42.8 Å². The Labute approximate surface area is 211 Å². The number of pyridine rings is 1. The number of nitrogens with zero attached hydrogens (tertiary/aromatic N) is 5. The Kier molecular flexibility index (Phi) is 9.55. The number of halogens is 1. The van der Waals surface area contributed by atoms with E-state index in [1.165, 1.54) is 5.69 Å². The maximum atomic E-state index is 5.42. The van der Waals surface area contributed by atoms with E-state index in [-0.39, 0.29) is 24.0 Å². The maximum Gasteiger partial charge on any atom is 0.191 e. The second-order valence-electron chi connectivity index (χ2n) is 7.50. The second-order valence-corrected chi connectivity index (χ2v) is 7.50. The van der Waals surface area contributed by atoms with Gasteiger partial charge in [0.05, 0.1) is 6.26 Å². The monoisotopic (exact) mass is 559 g/mol. The molecule has 8 nitrogen and oxygen atoms in total. The van der Waals surface area contributed by atoms with Crippen molar-refractivity contribution in [1.82, 2.24) is 25.2 Å². The third-order valence-electron chi connectivity index (χ3n) is 5.17. The number of anilines is 1. The lowest BCUT2D eigenvalue weighted by Gasteiger charge is -2.19. The van der Waals surface area contributed by atoms with Gasteiger partial charge in [-0.3, -0.25) is 4.40 Å². The van der Waals surface area contributed by atoms with Crippen LogP contribution >= 0.6 is 24.0 Å². The number of aliphatic imine (C=N–C) groups is 1. The highest BCUT2D eigenvalue weighted by Gasteiger charge is 2.06. The molecule has 0 unspecified atom stereocenters. The van der Waals surface area contributed by atoms with Crippen molar-refractivity contribution in [3.05, 3.63) is 84.7 Å². The summed E-state index contributed by atoms with van der Waals surface area (Å²) >= 11 is 0. The van der Waals surface area contributed by atoms with Crippen molar-refractivity contribution < 1.29 is 4.42 Å². The van der Waals surface area contributed by atoms with Crippen molar-refractivity contribution in [2.45, 2.75) is 19.4 Å². The van der Waals surface area contributed by atoms with E-state index in [1.54, 1.807) is 6.26 Å². The molecule has 3 heterocycles. The molecule has 0 aliphatic heterocycles. The van der Waals surface area contributed by atoms with Gasteiger partial charge in [0, 0.05) is 45.0 Å². The lowest BCUT2D eigenvalue weighted by Crippen LogP contribution is -2.39. The number of hydrogen-bond donors (Lipinski definition) is 2. The van der Waals surface area contributed by atoms with Gasteiger partial charge in [0.15, 0.2) is 17.4 Å². The van der Waals surface area contributed by atoms with Crippen molar-refractivity contribution >= 4 is 41.3 Å². The number of hydrogen-bond acceptors (Lipinski definition) is 5. The minimum Gasteiger partial charge on any atom is -0.469 e. The quantitative estimate of drug-likeness (QED) is 0.133. The summed E-state index contributed by atoms with van der Waals surface area (Å²) in [6.45, 7) is 2.92. The Balaban J connectivity index is 0.00000306. The van der Waals surface area contributed by atoms with Crippen molar-refractivity contribution in [3.8, 4) is 0 Å². The van der Waals surface area contributed by atoms with E-state index in [1.807, 2.05) is 47.0 Å². The summed E-state index contributed by atoms with van der Waals surface area (Å²) in [7, 11) is 2.11. The Morgan fingerprint density at radius 3 is 2.64 bits per heavy atom. The van der Waals surface area contributed by atoms with E-state index in [9.17, 15) is 0 Å². The average molecular weight is 559 g/mol. The number of fused-ring (bicyclic) bond motifs is 1. The van der Waals surface area contributed by atoms with Gasteiger partial charge in [0.2, 0.25) is 0 Å². The van der Waals surface area contributed by atoms with Crippen molar-refractivity contribution in [3.63, 3.8) is 0 Å². The van der Waals surface area contributed by atoms with Crippen LogP contribution in [0, 0.1) is 0 Å². The number of nitrogens with one attached hydrogen (secondary N) is 2. The number of aromatic nitrogens is 3. The maximum absolute atomic E-state index is 5.42. The molecule has 0 saturated carbocycles. The smallest absolute Gasteiger partial charge is 0.191 e. The molecule has 4 aromatic rings. The SMILES string of the molecule is CN(CCCNC(=NCc1nnc2ccccn12)NCCc1ccco1)c1ccccc1.I. The van der Waals surface area contributed by atoms with Crippen LogP contribution in [0.15, 0.2) is 82.5 Å². The predicted octanol–water partition coefficient (Wildman–Crippen LogP) is 3.74. The van der Waals surface area contributed by atoms with E-state index < -0.39 is 0 Å². The lowest BCUT2D eigenvalue weighted by atomic mass is 10.3. The van der Waals surface area contributed by atoms with Crippen LogP contribution in [0.2, 0.25) is 0 Å². The van der Waals surface area contributed by atoms with Crippen LogP contribution in [0.25, 0.3) is 5.65 Å². The molecular formula is C24H30IN7O. The fourth-order valence-electron chi connectivity index (χ4n) is 3.42. The molecule has 2 N–H and O–H groups in total. The minimum absolute atomic E-state index is 0. The first-order chi connectivity index (χ1) is 15.8. The van der Waals surface area contributed by atoms with Crippen LogP contribution in [0.5, 0.6) is 0 Å². The molecule has 0 aliphatic rings. The average Bonchev–Trinajstić information content (AvgIpc) is 3.50. The third kappa shape index (κ3) is 7.21. The molecule has 33 heavy (non-hydrogen) atoms. The molecular weight excluding hydrogens is 529 g/mol. The highest BCUT2D eigenvalue weighted by molar-refractivity contribution is 14.0. The van der Waals surface area contributed by atoms with E-state index in [2.05, 4.69) is 57.0 Å². The van der Waals surface area contributed by atoms with Gasteiger partial charge in [0.1, 0.15) is 12.3 Å². The summed E-state index contributed by atoms with van der Waals surface area (Å²) in [4.78, 5) is 6.99. The largest absolute Gasteiger partial charge is 0.469 e. The zero-order chi connectivity index (χ0) is 22.0. The summed E-state index contributed by atoms with van der Waals surface area (Å²) < 4.78 is 7.38. The molecule has 0 spiro atoms. The van der Waals surface area contributed by atoms with Crippen LogP contribution in [0.1, 0.15) is 18.0 Å². The lowest BCUT2D eigenvalue weighted by molar-refractivity contribution is 0.506. The predicted molar refractivity (Wildman–Crippen MR) is 142 cm³/mol. The fourth-order valence-corrected chi connectivity index (χ4v) is 3.42. The van der Waals surface area contributed by atoms with Crippen molar-refractivity contribution in [1.29, 1.82) is 0 Å². The zero-order valence-electron chi connectivity index (χ0n) is 18.7. The van der Waals surface area contributed by atoms with Crippen LogP contribution in [0.3, 0.4) is 0 Å². The van der Waals surface area contributed by atoms with Gasteiger partial charge in [-0.25, -0.2) is 4.99 Å². The molecule has 0 aliphatic carbocycles. The molecule has 0 bridgehead atoms. The van der Waals surface area contributed by atoms with Crippen LogP contribution in [-0.2, 0) is 13.0 Å². The Morgan fingerprint density at radius 2 is 1.82 bits per heavy atom. The topological polar surface area (TPSA) is 83.0 Å². The highest BCUT2D eigenvalue weighted by atomic mass is 127. The summed E-state index contributed by atoms with van der Waals surface area (Å²) in [5, 5.41) is 15.3. The van der Waals surface area contributed by atoms with Crippen LogP contribution < -0.4 is 15.5 Å². The summed E-state index contributed by atoms with van der Waals surface area (Å²) in [6.07, 6.45) is 5.43. The normalized spacial score (nSPS) is 11.2. The second kappa shape index (κ2) is 12.8. The molecule has 0 atom stereocenters. The fraction of sp³-hybridized carbons (Fsp3) is 0.292. The summed E-state index contributed by atoms with van der Waals surface area (Å²) in [5.74, 6) is 2.51. The summed E-state index contributed by atoms with van der Waals surface area (Å²) in [5.41, 5.74) is 2.04. The molecule has 0 amide bonds. The number of furan rings is 1. The standard InChI is InChI=1S/C24H29N7O.HI/c1-30(20-9-3-2-4-10-20)16-8-14-25-24(26-15-13-21-11-7-18-32-21)27-19-23-29-28-22-12-5-6-17-31(22)23;/h2-7,9-12,17-18H,8,13-16,19H2,1H3,(H2,25,26,27);1H. The molecule has 9 heteroatoms. The number of guanidine groups is 1. The zero-order valence-corrected chi connectivity index (χ0v) is 21.1. The number of benzene rings is 1. The van der Waals surface area contributed by atoms with Gasteiger partial charge in [0.25, 0.3) is 0 Å². The van der Waals surface area contributed by atoms with E-state index in [0.717, 1.165) is 55.7 Å². The van der Waals surface area contributed by atoms with Crippen molar-refractivity contribution in [2.75, 3.05) is 31.6 Å². The van der Waals surface area contributed by atoms with E-state index in [4.69, 9.17) is 9.41 Å². The molecule has 1 aromatic carbocycles. The highest BCUT2D eigenvalue weighted by Crippen LogP contribution is 2.10. The molecule has 0 saturated heterocycles. The Morgan fingerprint density at radius 1 is 1.00 bits per heavy atom. The molecule has 174 valence electrons. The van der Waals surface area contributed by atoms with Gasteiger partial charge >= 0.3 is 0 Å². The number of rotatable bonds is 10. The first kappa shape index (κ1) is 24.6. The Bertz CT molecular complexity index is 1110. The summed E-state index contributed by atoms with van der Waals surface area (Å²) in [6, 6.07) is 20.1. The Hall–Kier alpha value is -3.08. The van der Waals surface area contributed by atoms with E-state index >= 15 is 0 Å². The van der Waals surface area contributed by atoms with Gasteiger partial charge in [-0.2, -0.15) is 0 Å². The third-order valence-corrected chi connectivity index (χ3v) is 5.17.